The Morgan fingerprint density at radius 2 is 1.72 bits per heavy atom. The molecule has 2 aromatic rings. The molecule has 1 unspecified atom stereocenters. The van der Waals surface area contributed by atoms with E-state index in [4.69, 9.17) is 4.42 Å². The fraction of sp³-hybridized carbons (Fsp3) is 0.368. The van der Waals surface area contributed by atoms with Gasteiger partial charge in [0.05, 0.1) is 6.10 Å². The molecule has 1 heterocycles. The monoisotopic (exact) mass is 344 g/mol. The quantitative estimate of drug-likeness (QED) is 0.700. The summed E-state index contributed by atoms with van der Waals surface area (Å²) in [5, 5.41) is 15.2. The molecule has 2 amide bonds. The van der Waals surface area contributed by atoms with Crippen molar-refractivity contribution in [2.75, 3.05) is 6.54 Å². The van der Waals surface area contributed by atoms with E-state index >= 15 is 0 Å². The summed E-state index contributed by atoms with van der Waals surface area (Å²) in [4.78, 5) is 23.6. The van der Waals surface area contributed by atoms with Gasteiger partial charge in [0.2, 0.25) is 0 Å². The minimum absolute atomic E-state index is 0.196. The van der Waals surface area contributed by atoms with E-state index in [0.717, 1.165) is 16.9 Å². The second-order valence-electron chi connectivity index (χ2n) is 6.10. The number of rotatable bonds is 6. The van der Waals surface area contributed by atoms with Crippen molar-refractivity contribution in [1.29, 1.82) is 0 Å². The molecule has 3 N–H and O–H groups in total. The van der Waals surface area contributed by atoms with Crippen molar-refractivity contribution in [3.63, 3.8) is 0 Å². The molecule has 0 bridgehead atoms. The molecule has 0 aliphatic heterocycles. The molecule has 134 valence electrons. The zero-order valence-corrected chi connectivity index (χ0v) is 14.8. The fourth-order valence-corrected chi connectivity index (χ4v) is 2.51. The lowest BCUT2D eigenvalue weighted by molar-refractivity contribution is -0.139. The highest BCUT2D eigenvalue weighted by atomic mass is 16.3. The third-order valence-electron chi connectivity index (χ3n) is 3.92. The minimum atomic E-state index is -0.742. The summed E-state index contributed by atoms with van der Waals surface area (Å²) in [6, 6.07) is 9.47. The second-order valence-corrected chi connectivity index (χ2v) is 6.10. The molecule has 0 aliphatic carbocycles. The van der Waals surface area contributed by atoms with Crippen molar-refractivity contribution in [2.45, 2.75) is 39.8 Å². The van der Waals surface area contributed by atoms with Crippen LogP contribution in [0.1, 0.15) is 40.7 Å². The number of carbonyl (C=O) groups excluding carboxylic acids is 2. The molecule has 0 saturated heterocycles. The van der Waals surface area contributed by atoms with Crippen LogP contribution in [-0.4, -0.2) is 23.5 Å². The van der Waals surface area contributed by atoms with Crippen LogP contribution in [-0.2, 0) is 16.1 Å². The van der Waals surface area contributed by atoms with Gasteiger partial charge in [-0.25, -0.2) is 0 Å². The number of aliphatic hydroxyl groups is 1. The number of amides is 2. The van der Waals surface area contributed by atoms with Crippen molar-refractivity contribution >= 4 is 11.8 Å². The Balaban J connectivity index is 1.73. The molecule has 0 spiro atoms. The zero-order chi connectivity index (χ0) is 18.4. The van der Waals surface area contributed by atoms with Crippen LogP contribution in [0.5, 0.6) is 0 Å². The SMILES string of the molecule is Cc1ccc(CNC(=O)C(=O)NCCC(O)c2cc(C)oc2C)cc1. The van der Waals surface area contributed by atoms with Gasteiger partial charge in [-0.3, -0.25) is 9.59 Å². The van der Waals surface area contributed by atoms with Crippen LogP contribution < -0.4 is 10.6 Å². The largest absolute Gasteiger partial charge is 0.466 e. The maximum atomic E-state index is 11.8. The summed E-state index contributed by atoms with van der Waals surface area (Å²) in [5.74, 6) is -0.0111. The Morgan fingerprint density at radius 3 is 2.32 bits per heavy atom. The van der Waals surface area contributed by atoms with Crippen molar-refractivity contribution in [3.05, 3.63) is 58.5 Å². The van der Waals surface area contributed by atoms with Gasteiger partial charge in [-0.2, -0.15) is 0 Å². The number of nitrogens with one attached hydrogen (secondary N) is 2. The van der Waals surface area contributed by atoms with Gasteiger partial charge in [-0.1, -0.05) is 29.8 Å². The molecule has 6 heteroatoms. The number of aliphatic hydroxyl groups excluding tert-OH is 1. The summed E-state index contributed by atoms with van der Waals surface area (Å²) in [6.45, 7) is 6.06. The highest BCUT2D eigenvalue weighted by molar-refractivity contribution is 6.35. The summed E-state index contributed by atoms with van der Waals surface area (Å²) >= 11 is 0. The molecular weight excluding hydrogens is 320 g/mol. The number of aryl methyl sites for hydroxylation is 3. The number of carbonyl (C=O) groups is 2. The average molecular weight is 344 g/mol. The molecule has 0 aliphatic rings. The lowest BCUT2D eigenvalue weighted by Gasteiger charge is -2.11. The Morgan fingerprint density at radius 1 is 1.08 bits per heavy atom. The minimum Gasteiger partial charge on any atom is -0.466 e. The van der Waals surface area contributed by atoms with Crippen LogP contribution in [0.4, 0.5) is 0 Å². The van der Waals surface area contributed by atoms with Gasteiger partial charge in [-0.15, -0.1) is 0 Å². The van der Waals surface area contributed by atoms with E-state index in [2.05, 4.69) is 10.6 Å². The molecule has 0 fully saturated rings. The highest BCUT2D eigenvalue weighted by Gasteiger charge is 2.16. The van der Waals surface area contributed by atoms with Crippen molar-refractivity contribution < 1.29 is 19.1 Å². The van der Waals surface area contributed by atoms with Gasteiger partial charge in [0.15, 0.2) is 0 Å². The van der Waals surface area contributed by atoms with Gasteiger partial charge in [-0.05, 0) is 38.8 Å². The predicted octanol–water partition coefficient (Wildman–Crippen LogP) is 2.06. The van der Waals surface area contributed by atoms with E-state index in [1.807, 2.05) is 38.1 Å². The first-order valence-corrected chi connectivity index (χ1v) is 8.23. The van der Waals surface area contributed by atoms with E-state index in [1.54, 1.807) is 13.0 Å². The fourth-order valence-electron chi connectivity index (χ4n) is 2.51. The summed E-state index contributed by atoms with van der Waals surface area (Å²) in [5.41, 5.74) is 2.76. The van der Waals surface area contributed by atoms with E-state index in [9.17, 15) is 14.7 Å². The third kappa shape index (κ3) is 5.46. The van der Waals surface area contributed by atoms with Gasteiger partial charge in [0, 0.05) is 18.7 Å². The first-order valence-electron chi connectivity index (χ1n) is 8.23. The molecular formula is C19H24N2O4. The molecule has 6 nitrogen and oxygen atoms in total. The van der Waals surface area contributed by atoms with E-state index in [0.29, 0.717) is 24.3 Å². The smallest absolute Gasteiger partial charge is 0.309 e. The van der Waals surface area contributed by atoms with E-state index in [1.165, 1.54) is 0 Å². The molecule has 25 heavy (non-hydrogen) atoms. The van der Waals surface area contributed by atoms with Crippen molar-refractivity contribution in [1.82, 2.24) is 10.6 Å². The maximum Gasteiger partial charge on any atom is 0.309 e. The first kappa shape index (κ1) is 18.7. The lowest BCUT2D eigenvalue weighted by atomic mass is 10.1. The van der Waals surface area contributed by atoms with Gasteiger partial charge in [0.1, 0.15) is 11.5 Å². The standard InChI is InChI=1S/C19H24N2O4/c1-12-4-6-15(7-5-12)11-21-19(24)18(23)20-9-8-17(22)16-10-13(2)25-14(16)3/h4-7,10,17,22H,8-9,11H2,1-3H3,(H,20,23)(H,21,24). The Kier molecular flexibility index (Phi) is 6.36. The second kappa shape index (κ2) is 8.48. The molecule has 1 aromatic heterocycles. The maximum absolute atomic E-state index is 11.8. The Labute approximate surface area is 147 Å². The molecule has 0 saturated carbocycles. The third-order valence-corrected chi connectivity index (χ3v) is 3.92. The summed E-state index contributed by atoms with van der Waals surface area (Å²) in [6.07, 6.45) is -0.440. The molecule has 0 radical (unpaired) electrons. The number of furan rings is 1. The normalized spacial score (nSPS) is 11.8. The average Bonchev–Trinajstić information content (AvgIpc) is 2.92. The predicted molar refractivity (Wildman–Crippen MR) is 93.8 cm³/mol. The van der Waals surface area contributed by atoms with Gasteiger partial charge < -0.3 is 20.2 Å². The van der Waals surface area contributed by atoms with E-state index in [-0.39, 0.29) is 6.54 Å². The summed E-state index contributed by atoms with van der Waals surface area (Å²) < 4.78 is 5.37. The Bertz CT molecular complexity index is 734. The number of hydrogen-bond acceptors (Lipinski definition) is 4. The summed E-state index contributed by atoms with van der Waals surface area (Å²) in [7, 11) is 0. The van der Waals surface area contributed by atoms with Crippen molar-refractivity contribution in [2.24, 2.45) is 0 Å². The van der Waals surface area contributed by atoms with Gasteiger partial charge >= 0.3 is 11.8 Å². The van der Waals surface area contributed by atoms with Crippen LogP contribution in [0.3, 0.4) is 0 Å². The van der Waals surface area contributed by atoms with Crippen LogP contribution in [0.2, 0.25) is 0 Å². The zero-order valence-electron chi connectivity index (χ0n) is 14.8. The molecule has 2 rings (SSSR count). The molecule has 1 aromatic carbocycles. The highest BCUT2D eigenvalue weighted by Crippen LogP contribution is 2.23. The number of hydrogen-bond donors (Lipinski definition) is 3. The number of benzene rings is 1. The van der Waals surface area contributed by atoms with Crippen LogP contribution in [0.25, 0.3) is 0 Å². The molecule has 1 atom stereocenters. The lowest BCUT2D eigenvalue weighted by Crippen LogP contribution is -2.40. The van der Waals surface area contributed by atoms with Crippen LogP contribution >= 0.6 is 0 Å². The first-order chi connectivity index (χ1) is 11.9. The van der Waals surface area contributed by atoms with Gasteiger partial charge in [0.25, 0.3) is 0 Å². The van der Waals surface area contributed by atoms with Crippen LogP contribution in [0, 0.1) is 20.8 Å². The topological polar surface area (TPSA) is 91.6 Å². The van der Waals surface area contributed by atoms with E-state index < -0.39 is 17.9 Å². The Hall–Kier alpha value is -2.60. The van der Waals surface area contributed by atoms with Crippen molar-refractivity contribution in [3.8, 4) is 0 Å². The van der Waals surface area contributed by atoms with Crippen LogP contribution in [0.15, 0.2) is 34.7 Å².